The van der Waals surface area contributed by atoms with Gasteiger partial charge in [-0.3, -0.25) is 28.8 Å². The van der Waals surface area contributed by atoms with Crippen LogP contribution in [0.2, 0.25) is 0 Å². The van der Waals surface area contributed by atoms with E-state index in [1.807, 2.05) is 24.3 Å². The molecule has 7 atom stereocenters. The summed E-state index contributed by atoms with van der Waals surface area (Å²) in [6.07, 6.45) is 9.42. The van der Waals surface area contributed by atoms with Crippen molar-refractivity contribution >= 4 is 35.4 Å². The quantitative estimate of drug-likeness (QED) is 0.148. The van der Waals surface area contributed by atoms with Gasteiger partial charge in [-0.15, -0.1) is 0 Å². The Morgan fingerprint density at radius 1 is 0.698 bits per heavy atom. The lowest BCUT2D eigenvalue weighted by atomic mass is 9.87. The maximum atomic E-state index is 14.5. The highest BCUT2D eigenvalue weighted by Crippen LogP contribution is 2.32. The van der Waals surface area contributed by atoms with E-state index in [0.29, 0.717) is 31.5 Å². The fraction of sp³-hybridized carbons (Fsp3) is 0.551. The minimum Gasteiger partial charge on any atom is -0.347 e. The molecule has 2 saturated heterocycles. The summed E-state index contributed by atoms with van der Waals surface area (Å²) >= 11 is 0. The van der Waals surface area contributed by atoms with E-state index in [9.17, 15) is 28.8 Å². The molecule has 2 aliphatic heterocycles. The van der Waals surface area contributed by atoms with Gasteiger partial charge < -0.3 is 41.7 Å². The number of likely N-dealkylation sites (N-methyl/N-ethyl adjacent to an activating group) is 2. The molecule has 0 spiro atoms. The average Bonchev–Trinajstić information content (AvgIpc) is 3.30. The standard InChI is InChI=1S/C49H66N8O6/c1-32(30-41(55-45(59)33(2)51-4)49(63)57-29-12-10-27-43(57)47(61)54-39-24-15-20-35-18-6-8-22-37(35)39)16-13-25-40(52-44(58)31-50-3)48(62)56-28-11-9-26-42(56)46(60)53-38-23-14-19-34-17-5-7-21-36(34)38/h5-8,17-18,21-22,33,38-43,50-51H,1,9-12,14-15,19-20,23-31H2,2-4H3,(H,52,58)(H,53,60)(H,54,61)(H,55,59)/t33-,38+,39+,40-,41-,42-,43-/m0/s1. The minimum absolute atomic E-state index is 0.0209. The first-order valence-corrected chi connectivity index (χ1v) is 22.9. The predicted molar refractivity (Wildman–Crippen MR) is 242 cm³/mol. The second-order valence-electron chi connectivity index (χ2n) is 17.4. The van der Waals surface area contributed by atoms with Crippen molar-refractivity contribution in [3.63, 3.8) is 0 Å². The highest BCUT2D eigenvalue weighted by Gasteiger charge is 2.39. The average molecular weight is 863 g/mol. The Kier molecular flexibility index (Phi) is 16.9. The number of benzene rings is 2. The number of carbonyl (C=O) groups is 6. The van der Waals surface area contributed by atoms with Crippen LogP contribution in [-0.4, -0.2) is 109 Å². The fourth-order valence-electron chi connectivity index (χ4n) is 9.49. The molecule has 14 nitrogen and oxygen atoms in total. The van der Waals surface area contributed by atoms with Crippen molar-refractivity contribution in [2.75, 3.05) is 33.7 Å². The highest BCUT2D eigenvalue weighted by molar-refractivity contribution is 5.94. The maximum Gasteiger partial charge on any atom is 0.246 e. The van der Waals surface area contributed by atoms with Crippen LogP contribution in [0.15, 0.2) is 60.7 Å². The van der Waals surface area contributed by atoms with Gasteiger partial charge in [-0.25, -0.2) is 0 Å². The van der Waals surface area contributed by atoms with Gasteiger partial charge in [-0.05, 0) is 126 Å². The zero-order valence-electron chi connectivity index (χ0n) is 37.2. The second-order valence-corrected chi connectivity index (χ2v) is 17.4. The number of hydrogen-bond donors (Lipinski definition) is 6. The van der Waals surface area contributed by atoms with Gasteiger partial charge in [-0.1, -0.05) is 67.0 Å². The summed E-state index contributed by atoms with van der Waals surface area (Å²) in [5.41, 5.74) is 5.00. The van der Waals surface area contributed by atoms with Crippen molar-refractivity contribution in [1.29, 1.82) is 0 Å². The molecular weight excluding hydrogens is 797 g/mol. The molecule has 338 valence electrons. The molecule has 2 aromatic carbocycles. The Morgan fingerprint density at radius 2 is 1.22 bits per heavy atom. The molecule has 6 amide bonds. The van der Waals surface area contributed by atoms with E-state index in [-0.39, 0.29) is 49.2 Å². The van der Waals surface area contributed by atoms with Crippen LogP contribution in [0.4, 0.5) is 0 Å². The Hall–Kier alpha value is -5.52. The van der Waals surface area contributed by atoms with Crippen molar-refractivity contribution in [1.82, 2.24) is 41.7 Å². The number of carbonyl (C=O) groups excluding carboxylic acids is 6. The number of likely N-dealkylation sites (tertiary alicyclic amines) is 2. The van der Waals surface area contributed by atoms with Gasteiger partial charge in [0.15, 0.2) is 0 Å². The molecule has 0 bridgehead atoms. The van der Waals surface area contributed by atoms with Gasteiger partial charge in [0.25, 0.3) is 0 Å². The molecule has 0 saturated carbocycles. The van der Waals surface area contributed by atoms with Crippen LogP contribution >= 0.6 is 0 Å². The lowest BCUT2D eigenvalue weighted by molar-refractivity contribution is -0.145. The Balaban J connectivity index is 1.15. The normalized spacial score (nSPS) is 22.0. The van der Waals surface area contributed by atoms with Crippen LogP contribution < -0.4 is 31.9 Å². The van der Waals surface area contributed by atoms with E-state index >= 15 is 0 Å². The number of nitrogens with one attached hydrogen (secondary N) is 6. The van der Waals surface area contributed by atoms with E-state index in [1.54, 1.807) is 30.8 Å². The van der Waals surface area contributed by atoms with Crippen molar-refractivity contribution in [2.24, 2.45) is 0 Å². The number of piperidine rings is 2. The number of aryl methyl sites for hydroxylation is 2. The van der Waals surface area contributed by atoms with E-state index in [2.05, 4.69) is 74.6 Å². The van der Waals surface area contributed by atoms with E-state index in [4.69, 9.17) is 0 Å². The smallest absolute Gasteiger partial charge is 0.246 e. The van der Waals surface area contributed by atoms with Crippen molar-refractivity contribution in [2.45, 2.75) is 139 Å². The Labute approximate surface area is 372 Å². The van der Waals surface area contributed by atoms with Gasteiger partial charge in [0.2, 0.25) is 35.4 Å². The molecule has 0 aromatic heterocycles. The summed E-state index contributed by atoms with van der Waals surface area (Å²) in [7, 11) is 3.29. The summed E-state index contributed by atoms with van der Waals surface area (Å²) in [5.74, 6) is 4.03. The molecule has 0 unspecified atom stereocenters. The molecular formula is C49H66N8O6. The number of amides is 6. The molecule has 4 aliphatic rings. The third-order valence-corrected chi connectivity index (χ3v) is 13.0. The summed E-state index contributed by atoms with van der Waals surface area (Å²) in [6.45, 7) is 6.54. The first-order chi connectivity index (χ1) is 30.5. The fourth-order valence-corrected chi connectivity index (χ4v) is 9.49. The summed E-state index contributed by atoms with van der Waals surface area (Å²) in [4.78, 5) is 86.0. The summed E-state index contributed by atoms with van der Waals surface area (Å²) in [5, 5.41) is 17.9. The van der Waals surface area contributed by atoms with Crippen LogP contribution in [0, 0.1) is 11.8 Å². The van der Waals surface area contributed by atoms with Crippen LogP contribution in [0.5, 0.6) is 0 Å². The molecule has 0 radical (unpaired) electrons. The monoisotopic (exact) mass is 863 g/mol. The topological polar surface area (TPSA) is 181 Å². The maximum absolute atomic E-state index is 14.5. The lowest BCUT2D eigenvalue weighted by Crippen LogP contribution is -2.59. The van der Waals surface area contributed by atoms with Gasteiger partial charge in [0.1, 0.15) is 24.2 Å². The second kappa shape index (κ2) is 22.7. The van der Waals surface area contributed by atoms with E-state index in [0.717, 1.165) is 75.3 Å². The molecule has 2 aromatic rings. The molecule has 14 heteroatoms. The number of fused-ring (bicyclic) bond motifs is 2. The lowest BCUT2D eigenvalue weighted by Gasteiger charge is -2.38. The van der Waals surface area contributed by atoms with E-state index in [1.165, 1.54) is 11.1 Å². The molecule has 2 heterocycles. The van der Waals surface area contributed by atoms with E-state index < -0.39 is 47.9 Å². The number of hydrogen-bond acceptors (Lipinski definition) is 8. The zero-order valence-corrected chi connectivity index (χ0v) is 37.2. The van der Waals surface area contributed by atoms with Gasteiger partial charge in [0.05, 0.1) is 24.7 Å². The molecule has 6 N–H and O–H groups in total. The van der Waals surface area contributed by atoms with Crippen LogP contribution in [0.3, 0.4) is 0 Å². The minimum atomic E-state index is -1.06. The van der Waals surface area contributed by atoms with Crippen molar-refractivity contribution in [3.8, 4) is 11.8 Å². The summed E-state index contributed by atoms with van der Waals surface area (Å²) in [6, 6.07) is 11.9. The zero-order chi connectivity index (χ0) is 44.9. The summed E-state index contributed by atoms with van der Waals surface area (Å²) < 4.78 is 0. The third-order valence-electron chi connectivity index (χ3n) is 13.0. The first-order valence-electron chi connectivity index (χ1n) is 22.9. The first kappa shape index (κ1) is 47.0. The molecule has 2 aliphatic carbocycles. The molecule has 6 rings (SSSR count). The van der Waals surface area contributed by atoms with Crippen molar-refractivity contribution < 1.29 is 28.8 Å². The molecule has 63 heavy (non-hydrogen) atoms. The predicted octanol–water partition coefficient (Wildman–Crippen LogP) is 3.27. The van der Waals surface area contributed by atoms with Gasteiger partial charge in [0, 0.05) is 25.9 Å². The molecule has 2 fully saturated rings. The van der Waals surface area contributed by atoms with Crippen molar-refractivity contribution in [3.05, 3.63) is 82.9 Å². The Bertz CT molecular complexity index is 2060. The van der Waals surface area contributed by atoms with Gasteiger partial charge >= 0.3 is 0 Å². The largest absolute Gasteiger partial charge is 0.347 e. The third kappa shape index (κ3) is 12.1. The Morgan fingerprint density at radius 3 is 1.75 bits per heavy atom. The van der Waals surface area contributed by atoms with Gasteiger partial charge in [-0.2, -0.15) is 0 Å². The van der Waals surface area contributed by atoms with Crippen LogP contribution in [0.25, 0.3) is 0 Å². The highest BCUT2D eigenvalue weighted by atomic mass is 16.2. The SMILES string of the molecule is C=C(C#CC[C@H](NC(=O)CNC)C(=O)N1CCCC[C@H]1C(=O)N[C@@H]1CCCc2ccccc21)C[C@H](NC(=O)[C@H](C)NC)C(=O)N1CCCC[C@H]1C(=O)N[C@@H]1CCCc2ccccc21. The van der Waals surface area contributed by atoms with Crippen LogP contribution in [-0.2, 0) is 41.6 Å². The number of nitrogens with zero attached hydrogens (tertiary/aromatic N) is 2. The van der Waals surface area contributed by atoms with Crippen LogP contribution in [0.1, 0.15) is 118 Å². The number of rotatable bonds is 15.